The fourth-order valence-electron chi connectivity index (χ4n) is 2.77. The SMILES string of the molecule is C=C(C)C(=O)OCC(COCCC[Si](C)(O[Si](C)(C)C)O[Si](C)(C)C)OC(C)=O. The Morgan fingerprint density at radius 2 is 1.41 bits per heavy atom. The highest BCUT2D eigenvalue weighted by Crippen LogP contribution is 2.25. The Kier molecular flexibility index (Phi) is 11.8. The van der Waals surface area contributed by atoms with E-state index in [0.717, 1.165) is 12.5 Å². The number of rotatable bonds is 14. The van der Waals surface area contributed by atoms with Gasteiger partial charge in [0.05, 0.1) is 6.61 Å². The van der Waals surface area contributed by atoms with Crippen LogP contribution in [0.5, 0.6) is 0 Å². The Morgan fingerprint density at radius 3 is 1.83 bits per heavy atom. The largest absolute Gasteiger partial charge is 0.458 e. The molecule has 0 aliphatic heterocycles. The standard InChI is InChI=1S/C19H40O7Si3/c1-16(2)19(21)23-15-18(24-17(3)20)14-22-12-11-13-29(10,25-27(4,5)6)26-28(7,8)9/h18H,1,11-15H2,2-10H3. The van der Waals surface area contributed by atoms with Gasteiger partial charge in [-0.1, -0.05) is 6.58 Å². The number of carbonyl (C=O) groups is 2. The average molecular weight is 465 g/mol. The van der Waals surface area contributed by atoms with Crippen LogP contribution in [0.15, 0.2) is 12.2 Å². The van der Waals surface area contributed by atoms with Crippen molar-refractivity contribution in [2.75, 3.05) is 19.8 Å². The second-order valence-corrected chi connectivity index (χ2v) is 22.2. The van der Waals surface area contributed by atoms with Gasteiger partial charge in [-0.25, -0.2) is 4.79 Å². The van der Waals surface area contributed by atoms with Crippen LogP contribution in [-0.4, -0.2) is 63.1 Å². The third-order valence-corrected chi connectivity index (χ3v) is 13.0. The van der Waals surface area contributed by atoms with Gasteiger partial charge in [-0.05, 0) is 65.2 Å². The molecule has 0 aromatic rings. The van der Waals surface area contributed by atoms with E-state index in [9.17, 15) is 9.59 Å². The van der Waals surface area contributed by atoms with Gasteiger partial charge in [0.15, 0.2) is 22.7 Å². The Hall–Kier alpha value is -0.789. The molecule has 0 aliphatic rings. The molecular weight excluding hydrogens is 424 g/mol. The summed E-state index contributed by atoms with van der Waals surface area (Å²) in [6.45, 7) is 22.2. The van der Waals surface area contributed by atoms with E-state index in [0.29, 0.717) is 12.2 Å². The van der Waals surface area contributed by atoms with Crippen LogP contribution in [0, 0.1) is 0 Å². The number of carbonyl (C=O) groups excluding carboxylic acids is 2. The molecule has 170 valence electrons. The summed E-state index contributed by atoms with van der Waals surface area (Å²) in [6, 6.07) is 0.838. The van der Waals surface area contributed by atoms with E-state index in [1.54, 1.807) is 6.92 Å². The van der Waals surface area contributed by atoms with E-state index in [1.165, 1.54) is 6.92 Å². The maximum absolute atomic E-state index is 11.5. The lowest BCUT2D eigenvalue weighted by Crippen LogP contribution is -2.52. The Bertz CT molecular complexity index is 537. The molecular formula is C19H40O7Si3. The van der Waals surface area contributed by atoms with Gasteiger partial charge in [0.25, 0.3) is 0 Å². The summed E-state index contributed by atoms with van der Waals surface area (Å²) in [5.74, 6) is -0.965. The molecule has 0 radical (unpaired) electrons. The van der Waals surface area contributed by atoms with E-state index in [-0.39, 0.29) is 13.2 Å². The summed E-state index contributed by atoms with van der Waals surface area (Å²) in [7, 11) is -5.73. The quantitative estimate of drug-likeness (QED) is 0.165. The van der Waals surface area contributed by atoms with Crippen LogP contribution in [0.2, 0.25) is 51.9 Å². The minimum atomic E-state index is -2.29. The first-order chi connectivity index (χ1) is 13.0. The lowest BCUT2D eigenvalue weighted by atomic mass is 10.3. The van der Waals surface area contributed by atoms with Crippen molar-refractivity contribution >= 4 is 37.1 Å². The van der Waals surface area contributed by atoms with Crippen molar-refractivity contribution in [1.29, 1.82) is 0 Å². The van der Waals surface area contributed by atoms with E-state index in [4.69, 9.17) is 22.4 Å². The molecule has 29 heavy (non-hydrogen) atoms. The fraction of sp³-hybridized carbons (Fsp3) is 0.789. The lowest BCUT2D eigenvalue weighted by molar-refractivity contribution is -0.159. The van der Waals surface area contributed by atoms with E-state index in [2.05, 4.69) is 52.4 Å². The van der Waals surface area contributed by atoms with Crippen molar-refractivity contribution in [3.8, 4) is 0 Å². The second kappa shape index (κ2) is 12.2. The topological polar surface area (TPSA) is 80.3 Å². The van der Waals surface area contributed by atoms with Gasteiger partial charge >= 0.3 is 20.5 Å². The third-order valence-electron chi connectivity index (χ3n) is 3.35. The van der Waals surface area contributed by atoms with Crippen molar-refractivity contribution < 1.29 is 32.0 Å². The number of esters is 2. The van der Waals surface area contributed by atoms with Gasteiger partial charge in [0, 0.05) is 19.1 Å². The first kappa shape index (κ1) is 28.2. The highest BCUT2D eigenvalue weighted by atomic mass is 28.5. The smallest absolute Gasteiger partial charge is 0.333 e. The van der Waals surface area contributed by atoms with Crippen LogP contribution in [-0.2, 0) is 32.0 Å². The number of ether oxygens (including phenoxy) is 3. The molecule has 1 unspecified atom stereocenters. The van der Waals surface area contributed by atoms with Crippen molar-refractivity contribution in [2.24, 2.45) is 0 Å². The summed E-state index contributed by atoms with van der Waals surface area (Å²) in [4.78, 5) is 22.8. The van der Waals surface area contributed by atoms with Crippen molar-refractivity contribution in [3.05, 3.63) is 12.2 Å². The molecule has 0 aliphatic carbocycles. The third kappa shape index (κ3) is 15.7. The normalized spacial score (nSPS) is 13.7. The highest BCUT2D eigenvalue weighted by molar-refractivity contribution is 6.87. The molecule has 0 N–H and O–H groups in total. The van der Waals surface area contributed by atoms with Crippen molar-refractivity contribution in [1.82, 2.24) is 0 Å². The van der Waals surface area contributed by atoms with Crippen LogP contribution in [0.4, 0.5) is 0 Å². The van der Waals surface area contributed by atoms with Gasteiger partial charge < -0.3 is 22.4 Å². The van der Waals surface area contributed by atoms with Crippen LogP contribution in [0.1, 0.15) is 20.3 Å². The lowest BCUT2D eigenvalue weighted by Gasteiger charge is -2.38. The number of hydrogen-bond donors (Lipinski definition) is 0. The Balaban J connectivity index is 4.60. The summed E-state index contributed by atoms with van der Waals surface area (Å²) in [5, 5.41) is 0. The molecule has 0 saturated heterocycles. The van der Waals surface area contributed by atoms with Crippen LogP contribution in [0.25, 0.3) is 0 Å². The Labute approximate surface area is 179 Å². The van der Waals surface area contributed by atoms with Gasteiger partial charge in [-0.3, -0.25) is 4.79 Å². The van der Waals surface area contributed by atoms with Gasteiger partial charge in [-0.2, -0.15) is 0 Å². The fourth-order valence-corrected chi connectivity index (χ4v) is 15.3. The summed E-state index contributed by atoms with van der Waals surface area (Å²) < 4.78 is 28.9. The monoisotopic (exact) mass is 464 g/mol. The molecule has 0 spiro atoms. The summed E-state index contributed by atoms with van der Waals surface area (Å²) >= 11 is 0. The van der Waals surface area contributed by atoms with Gasteiger partial charge in [0.1, 0.15) is 6.61 Å². The molecule has 0 aromatic heterocycles. The minimum absolute atomic E-state index is 0.0603. The molecule has 0 fully saturated rings. The van der Waals surface area contributed by atoms with Crippen molar-refractivity contribution in [2.45, 2.75) is 78.2 Å². The predicted octanol–water partition coefficient (Wildman–Crippen LogP) is 4.22. The molecule has 7 nitrogen and oxygen atoms in total. The average Bonchev–Trinajstić information content (AvgIpc) is 2.46. The summed E-state index contributed by atoms with van der Waals surface area (Å²) in [6.07, 6.45) is 0.145. The predicted molar refractivity (Wildman–Crippen MR) is 122 cm³/mol. The molecule has 1 atom stereocenters. The van der Waals surface area contributed by atoms with E-state index < -0.39 is 43.2 Å². The second-order valence-electron chi connectivity index (χ2n) is 9.35. The summed E-state index contributed by atoms with van der Waals surface area (Å²) in [5.41, 5.74) is 0.293. The zero-order valence-electron chi connectivity index (χ0n) is 19.7. The molecule has 0 heterocycles. The maximum atomic E-state index is 11.5. The minimum Gasteiger partial charge on any atom is -0.458 e. The first-order valence-corrected chi connectivity index (χ1v) is 19.3. The van der Waals surface area contributed by atoms with Crippen LogP contribution >= 0.6 is 0 Å². The number of hydrogen-bond acceptors (Lipinski definition) is 7. The van der Waals surface area contributed by atoms with E-state index in [1.807, 2.05) is 0 Å². The Morgan fingerprint density at radius 1 is 0.897 bits per heavy atom. The van der Waals surface area contributed by atoms with E-state index >= 15 is 0 Å². The van der Waals surface area contributed by atoms with Crippen LogP contribution < -0.4 is 0 Å². The zero-order chi connectivity index (χ0) is 22.9. The first-order valence-electron chi connectivity index (χ1n) is 10.0. The molecule has 0 rings (SSSR count). The molecule has 0 aromatic carbocycles. The highest BCUT2D eigenvalue weighted by Gasteiger charge is 2.39. The molecule has 0 amide bonds. The van der Waals surface area contributed by atoms with Crippen LogP contribution in [0.3, 0.4) is 0 Å². The molecule has 0 saturated carbocycles. The maximum Gasteiger partial charge on any atom is 0.333 e. The van der Waals surface area contributed by atoms with Crippen molar-refractivity contribution in [3.63, 3.8) is 0 Å². The molecule has 10 heteroatoms. The molecule has 0 bridgehead atoms. The zero-order valence-corrected chi connectivity index (χ0v) is 22.7. The van der Waals surface area contributed by atoms with Gasteiger partial charge in [0.2, 0.25) is 0 Å². The van der Waals surface area contributed by atoms with Gasteiger partial charge in [-0.15, -0.1) is 0 Å².